The van der Waals surface area contributed by atoms with Crippen LogP contribution in [0.4, 0.5) is 34.1 Å². The molecule has 20 rings (SSSR count). The zero-order valence-electron chi connectivity index (χ0n) is 52.2. The smallest absolute Gasteiger partial charge is 0.254 e. The van der Waals surface area contributed by atoms with Crippen molar-refractivity contribution in [2.45, 2.75) is 0 Å². The van der Waals surface area contributed by atoms with Gasteiger partial charge in [0.1, 0.15) is 0 Å². The third-order valence-corrected chi connectivity index (χ3v) is 21.5. The van der Waals surface area contributed by atoms with Crippen LogP contribution in [0.1, 0.15) is 0 Å². The molecule has 2 aliphatic rings. The molecule has 0 radical (unpaired) electrons. The molecule has 96 heavy (non-hydrogen) atoms. The van der Waals surface area contributed by atoms with Crippen LogP contribution in [-0.4, -0.2) is 15.8 Å². The second-order valence-corrected chi connectivity index (χ2v) is 26.4. The molecule has 0 bridgehead atoms. The van der Waals surface area contributed by atoms with Gasteiger partial charge < -0.3 is 18.9 Å². The number of fused-ring (bicyclic) bond motifs is 14. The van der Waals surface area contributed by atoms with E-state index in [1.54, 1.807) is 0 Å². The number of rotatable bonds is 9. The summed E-state index contributed by atoms with van der Waals surface area (Å²) in [5, 5.41) is 7.40. The number of thiophene rings is 1. The van der Waals surface area contributed by atoms with E-state index in [0.717, 1.165) is 101 Å². The summed E-state index contributed by atoms with van der Waals surface area (Å²) in [5.74, 6) is 0. The Morgan fingerprint density at radius 2 is 0.625 bits per heavy atom. The average molecular weight is 1240 g/mol. The average Bonchev–Trinajstić information content (AvgIpc) is 1.04. The zero-order chi connectivity index (χ0) is 63.0. The Balaban J connectivity index is 1.01. The van der Waals surface area contributed by atoms with Crippen molar-refractivity contribution >= 4 is 132 Å². The summed E-state index contributed by atoms with van der Waals surface area (Å²) >= 11 is 1.94. The van der Waals surface area contributed by atoms with E-state index in [4.69, 9.17) is 0 Å². The van der Waals surface area contributed by atoms with Gasteiger partial charge in [-0.2, -0.15) is 0 Å². The fraction of sp³-hybridized carbons (Fsp3) is 0. The molecule has 0 N–H and O–H groups in total. The van der Waals surface area contributed by atoms with Crippen molar-refractivity contribution in [3.63, 3.8) is 0 Å². The van der Waals surface area contributed by atoms with Crippen molar-refractivity contribution in [2.75, 3.05) is 9.80 Å². The lowest BCUT2D eigenvalue weighted by Crippen LogP contribution is -2.61. The minimum atomic E-state index is -0.277. The van der Waals surface area contributed by atoms with Gasteiger partial charge in [0.05, 0.1) is 39.1 Å². The maximum absolute atomic E-state index is 2.72. The molecular formula is C90H57BN4S. The Morgan fingerprint density at radius 1 is 0.250 bits per heavy atom. The van der Waals surface area contributed by atoms with E-state index in [1.807, 2.05) is 11.3 Å². The molecule has 446 valence electrons. The van der Waals surface area contributed by atoms with Crippen LogP contribution in [0.25, 0.3) is 131 Å². The minimum absolute atomic E-state index is 0.277. The normalized spacial score (nSPS) is 12.5. The third kappa shape index (κ3) is 8.16. The molecule has 0 amide bonds. The Bertz CT molecular complexity index is 5910. The lowest BCUT2D eigenvalue weighted by molar-refractivity contribution is 1.17. The van der Waals surface area contributed by atoms with Crippen LogP contribution >= 0.6 is 11.3 Å². The van der Waals surface area contributed by atoms with Crippen LogP contribution in [0.15, 0.2) is 346 Å². The SMILES string of the molecule is c1ccc(-c2cc3c4c(c2)N(c2c(-c5ccccc5)cccc2-c2ccccc2)c2cc(-n5c6ccccc6c6ccccc65)c5c(sc6ccccc65)c2B4c2ccc(-n4c5ccccc5c5ccccc54)cc2N3c2c(-c3ccccc3)cccc2-c2ccccc2)cc1. The Kier molecular flexibility index (Phi) is 12.3. The van der Waals surface area contributed by atoms with E-state index < -0.39 is 0 Å². The second kappa shape index (κ2) is 21.7. The molecule has 0 unspecified atom stereocenters. The first-order chi connectivity index (χ1) is 47.7. The van der Waals surface area contributed by atoms with Crippen molar-refractivity contribution < 1.29 is 0 Å². The molecule has 0 saturated carbocycles. The predicted molar refractivity (Wildman–Crippen MR) is 409 cm³/mol. The topological polar surface area (TPSA) is 16.3 Å². The van der Waals surface area contributed by atoms with Gasteiger partial charge in [-0.3, -0.25) is 0 Å². The van der Waals surface area contributed by atoms with Gasteiger partial charge in [0.2, 0.25) is 0 Å². The lowest BCUT2D eigenvalue weighted by atomic mass is 9.33. The molecule has 0 atom stereocenters. The van der Waals surface area contributed by atoms with Gasteiger partial charge in [0.15, 0.2) is 0 Å². The van der Waals surface area contributed by atoms with Crippen molar-refractivity contribution in [1.29, 1.82) is 0 Å². The molecule has 0 aliphatic carbocycles. The number of nitrogens with zero attached hydrogens (tertiary/aromatic N) is 4. The summed E-state index contributed by atoms with van der Waals surface area (Å²) < 4.78 is 7.59. The van der Waals surface area contributed by atoms with Crippen LogP contribution in [0.5, 0.6) is 0 Å². The maximum atomic E-state index is 2.72. The summed E-state index contributed by atoms with van der Waals surface area (Å²) in [6, 6.07) is 129. The molecule has 2 aliphatic heterocycles. The fourth-order valence-electron chi connectivity index (χ4n) is 16.3. The first kappa shape index (κ1) is 54.4. The number of hydrogen-bond acceptors (Lipinski definition) is 3. The number of benzene rings is 15. The molecule has 0 spiro atoms. The molecule has 6 heteroatoms. The largest absolute Gasteiger partial charge is 0.310 e. The van der Waals surface area contributed by atoms with E-state index in [0.29, 0.717) is 0 Å². The minimum Gasteiger partial charge on any atom is -0.310 e. The quantitative estimate of drug-likeness (QED) is 0.134. The molecule has 5 heterocycles. The van der Waals surface area contributed by atoms with Crippen LogP contribution < -0.4 is 26.2 Å². The van der Waals surface area contributed by atoms with Gasteiger partial charge in [-0.25, -0.2) is 0 Å². The van der Waals surface area contributed by atoms with Crippen molar-refractivity contribution in [3.8, 4) is 67.0 Å². The Hall–Kier alpha value is -12.2. The van der Waals surface area contributed by atoms with Gasteiger partial charge in [-0.1, -0.05) is 285 Å². The van der Waals surface area contributed by atoms with Gasteiger partial charge in [0.25, 0.3) is 6.71 Å². The summed E-state index contributed by atoms with van der Waals surface area (Å²) in [6.07, 6.45) is 0. The van der Waals surface area contributed by atoms with Crippen LogP contribution in [0, 0.1) is 0 Å². The van der Waals surface area contributed by atoms with E-state index in [2.05, 4.69) is 365 Å². The summed E-state index contributed by atoms with van der Waals surface area (Å²) in [6.45, 7) is -0.277. The van der Waals surface area contributed by atoms with Gasteiger partial charge >= 0.3 is 0 Å². The summed E-state index contributed by atoms with van der Waals surface area (Å²) in [5.41, 5.74) is 28.8. The lowest BCUT2D eigenvalue weighted by Gasteiger charge is -2.46. The highest BCUT2D eigenvalue weighted by atomic mass is 32.1. The van der Waals surface area contributed by atoms with Crippen LogP contribution in [-0.2, 0) is 0 Å². The first-order valence-corrected chi connectivity index (χ1v) is 33.9. The highest BCUT2D eigenvalue weighted by Crippen LogP contribution is 2.56. The molecule has 15 aromatic carbocycles. The number of anilines is 6. The first-order valence-electron chi connectivity index (χ1n) is 33.1. The van der Waals surface area contributed by atoms with Gasteiger partial charge in [0, 0.05) is 92.4 Å². The Morgan fingerprint density at radius 3 is 1.08 bits per heavy atom. The van der Waals surface area contributed by atoms with E-state index in [1.165, 1.54) is 80.2 Å². The molecular weight excluding hydrogens is 1180 g/mol. The molecule has 0 fully saturated rings. The molecule has 3 aromatic heterocycles. The fourth-order valence-corrected chi connectivity index (χ4v) is 17.6. The highest BCUT2D eigenvalue weighted by molar-refractivity contribution is 7.28. The molecule has 0 saturated heterocycles. The van der Waals surface area contributed by atoms with Crippen LogP contribution in [0.3, 0.4) is 0 Å². The van der Waals surface area contributed by atoms with E-state index in [-0.39, 0.29) is 6.71 Å². The maximum Gasteiger partial charge on any atom is 0.254 e. The monoisotopic (exact) mass is 1240 g/mol. The summed E-state index contributed by atoms with van der Waals surface area (Å²) in [4.78, 5) is 5.41. The van der Waals surface area contributed by atoms with Gasteiger partial charge in [-0.05, 0) is 110 Å². The van der Waals surface area contributed by atoms with E-state index in [9.17, 15) is 0 Å². The standard InChI is InChI=1S/C90H57BN4S/c1-6-28-58(29-7-1)63-54-81-86-82(55-63)95(89-67(61-34-12-4-13-35-61)45-27-46-68(89)62-36-14-5-15-37-62)83-57-80(93-77-49-23-18-40-71(77)72-41-19-24-50-78(72)93)85-73-42-20-25-51-84(73)96-90(85)87(83)91(86)74-53-52-64(92-75-47-21-16-38-69(75)70-39-17-22-48-76(70)92)56-79(74)94(81)88-65(59-30-8-2-9-31-59)43-26-44-66(88)60-32-10-3-11-33-60/h1-57H. The third-order valence-electron chi connectivity index (χ3n) is 20.3. The van der Waals surface area contributed by atoms with Crippen molar-refractivity contribution in [1.82, 2.24) is 9.13 Å². The zero-order valence-corrected chi connectivity index (χ0v) is 53.0. The van der Waals surface area contributed by atoms with Crippen LogP contribution in [0.2, 0.25) is 0 Å². The molecule has 18 aromatic rings. The van der Waals surface area contributed by atoms with E-state index >= 15 is 0 Å². The number of para-hydroxylation sites is 6. The number of hydrogen-bond donors (Lipinski definition) is 0. The second-order valence-electron chi connectivity index (χ2n) is 25.4. The van der Waals surface area contributed by atoms with Crippen molar-refractivity contribution in [3.05, 3.63) is 346 Å². The Labute approximate surface area is 560 Å². The summed E-state index contributed by atoms with van der Waals surface area (Å²) in [7, 11) is 0. The predicted octanol–water partition coefficient (Wildman–Crippen LogP) is 22.7. The number of aromatic nitrogens is 2. The van der Waals surface area contributed by atoms with Crippen molar-refractivity contribution in [2.24, 2.45) is 0 Å². The van der Waals surface area contributed by atoms with Gasteiger partial charge in [-0.15, -0.1) is 11.3 Å². The molecule has 4 nitrogen and oxygen atoms in total. The highest BCUT2D eigenvalue weighted by Gasteiger charge is 2.47.